The van der Waals surface area contributed by atoms with Gasteiger partial charge in [-0.2, -0.15) is 13.2 Å². The van der Waals surface area contributed by atoms with E-state index in [1.165, 1.54) is 12.1 Å². The first-order valence-corrected chi connectivity index (χ1v) is 6.37. The summed E-state index contributed by atoms with van der Waals surface area (Å²) in [5.41, 5.74) is -1.05. The molecule has 0 atom stereocenters. The zero-order valence-corrected chi connectivity index (χ0v) is 11.1. The molecule has 0 unspecified atom stereocenters. The average Bonchev–Trinajstić information content (AvgIpc) is 2.35. The summed E-state index contributed by atoms with van der Waals surface area (Å²) in [5.74, 6) is -0.626. The SMILES string of the molecule is CCOC(=O)c1c(CCCCl)cccc1C(F)(F)F. The summed E-state index contributed by atoms with van der Waals surface area (Å²) in [6, 6.07) is 3.67. The number of esters is 1. The lowest BCUT2D eigenvalue weighted by atomic mass is 9.97. The topological polar surface area (TPSA) is 26.3 Å². The normalized spacial score (nSPS) is 11.4. The van der Waals surface area contributed by atoms with E-state index >= 15 is 0 Å². The molecule has 19 heavy (non-hydrogen) atoms. The van der Waals surface area contributed by atoms with Gasteiger partial charge in [0.05, 0.1) is 17.7 Å². The van der Waals surface area contributed by atoms with E-state index < -0.39 is 23.3 Å². The molecular weight excluding hydrogens is 281 g/mol. The molecule has 0 bridgehead atoms. The number of benzene rings is 1. The van der Waals surface area contributed by atoms with E-state index in [0.717, 1.165) is 6.07 Å². The molecule has 0 fully saturated rings. The van der Waals surface area contributed by atoms with Crippen molar-refractivity contribution in [1.82, 2.24) is 0 Å². The van der Waals surface area contributed by atoms with E-state index in [1.807, 2.05) is 0 Å². The lowest BCUT2D eigenvalue weighted by Crippen LogP contribution is -2.17. The molecule has 0 aliphatic carbocycles. The maximum Gasteiger partial charge on any atom is 0.417 e. The Morgan fingerprint density at radius 1 is 1.37 bits per heavy atom. The molecule has 6 heteroatoms. The molecule has 0 N–H and O–H groups in total. The van der Waals surface area contributed by atoms with E-state index in [4.69, 9.17) is 16.3 Å². The van der Waals surface area contributed by atoms with Crippen LogP contribution in [0.25, 0.3) is 0 Å². The van der Waals surface area contributed by atoms with Crippen LogP contribution in [0.4, 0.5) is 13.2 Å². The fourth-order valence-electron chi connectivity index (χ4n) is 1.75. The van der Waals surface area contributed by atoms with Crippen molar-refractivity contribution in [1.29, 1.82) is 0 Å². The van der Waals surface area contributed by atoms with Crippen molar-refractivity contribution in [3.8, 4) is 0 Å². The Kier molecular flexibility index (Phi) is 5.66. The Labute approximate surface area is 114 Å². The molecule has 0 saturated heterocycles. The number of ether oxygens (including phenoxy) is 1. The number of halogens is 4. The van der Waals surface area contributed by atoms with Gasteiger partial charge in [0.1, 0.15) is 0 Å². The van der Waals surface area contributed by atoms with Gasteiger partial charge >= 0.3 is 12.1 Å². The van der Waals surface area contributed by atoms with Gasteiger partial charge in [0.25, 0.3) is 0 Å². The molecule has 0 saturated carbocycles. The predicted molar refractivity (Wildman–Crippen MR) is 66.4 cm³/mol. The summed E-state index contributed by atoms with van der Waals surface area (Å²) < 4.78 is 43.5. The van der Waals surface area contributed by atoms with Crippen LogP contribution in [0.1, 0.15) is 34.8 Å². The van der Waals surface area contributed by atoms with E-state index in [1.54, 1.807) is 6.92 Å². The molecule has 0 spiro atoms. The second-order valence-corrected chi connectivity index (χ2v) is 4.23. The zero-order chi connectivity index (χ0) is 14.5. The molecule has 0 amide bonds. The van der Waals surface area contributed by atoms with Gasteiger partial charge in [0, 0.05) is 5.88 Å². The standard InChI is InChI=1S/C13H14ClF3O2/c1-2-19-12(18)11-9(6-4-8-14)5-3-7-10(11)13(15,16)17/h3,5,7H,2,4,6,8H2,1H3. The Hall–Kier alpha value is -1.23. The van der Waals surface area contributed by atoms with E-state index in [9.17, 15) is 18.0 Å². The van der Waals surface area contributed by atoms with Crippen LogP contribution >= 0.6 is 11.6 Å². The smallest absolute Gasteiger partial charge is 0.417 e. The van der Waals surface area contributed by atoms with Gasteiger partial charge in [-0.25, -0.2) is 4.79 Å². The average molecular weight is 295 g/mol. The van der Waals surface area contributed by atoms with Crippen LogP contribution in [0.15, 0.2) is 18.2 Å². The molecule has 1 aromatic carbocycles. The number of aryl methyl sites for hydroxylation is 1. The van der Waals surface area contributed by atoms with Crippen molar-refractivity contribution in [2.75, 3.05) is 12.5 Å². The van der Waals surface area contributed by atoms with Crippen molar-refractivity contribution in [2.45, 2.75) is 25.9 Å². The summed E-state index contributed by atoms with van der Waals surface area (Å²) in [4.78, 5) is 11.7. The van der Waals surface area contributed by atoms with Crippen LogP contribution in [0.5, 0.6) is 0 Å². The summed E-state index contributed by atoms with van der Waals surface area (Å²) in [6.45, 7) is 1.58. The number of hydrogen-bond donors (Lipinski definition) is 0. The maximum absolute atomic E-state index is 12.9. The fraction of sp³-hybridized carbons (Fsp3) is 0.462. The first-order chi connectivity index (χ1) is 8.91. The third-order valence-corrected chi connectivity index (χ3v) is 2.78. The van der Waals surface area contributed by atoms with Crippen LogP contribution in [0, 0.1) is 0 Å². The molecule has 0 aromatic heterocycles. The van der Waals surface area contributed by atoms with E-state index in [0.29, 0.717) is 24.3 Å². The third-order valence-electron chi connectivity index (χ3n) is 2.52. The highest BCUT2D eigenvalue weighted by molar-refractivity contribution is 6.17. The number of carbonyl (C=O) groups excluding carboxylic acids is 1. The Morgan fingerprint density at radius 2 is 2.05 bits per heavy atom. The first kappa shape index (κ1) is 15.8. The van der Waals surface area contributed by atoms with Gasteiger partial charge in [0.2, 0.25) is 0 Å². The van der Waals surface area contributed by atoms with Gasteiger partial charge < -0.3 is 4.74 Å². The molecule has 0 radical (unpaired) electrons. The molecule has 1 rings (SSSR count). The van der Waals surface area contributed by atoms with E-state index in [2.05, 4.69) is 0 Å². The second-order valence-electron chi connectivity index (χ2n) is 3.85. The summed E-state index contributed by atoms with van der Waals surface area (Å²) in [6.07, 6.45) is -3.78. The molecule has 0 heterocycles. The number of alkyl halides is 4. The van der Waals surface area contributed by atoms with E-state index in [-0.39, 0.29) is 6.61 Å². The number of carbonyl (C=O) groups is 1. The summed E-state index contributed by atoms with van der Waals surface area (Å²) in [7, 11) is 0. The third kappa shape index (κ3) is 4.13. The Morgan fingerprint density at radius 3 is 2.58 bits per heavy atom. The fourth-order valence-corrected chi connectivity index (χ4v) is 1.88. The Bertz CT molecular complexity index is 444. The molecule has 0 aliphatic rings. The second kappa shape index (κ2) is 6.80. The van der Waals surface area contributed by atoms with Crippen molar-refractivity contribution in [2.24, 2.45) is 0 Å². The summed E-state index contributed by atoms with van der Waals surface area (Å²) >= 11 is 5.54. The van der Waals surface area contributed by atoms with Crippen molar-refractivity contribution in [3.63, 3.8) is 0 Å². The van der Waals surface area contributed by atoms with Gasteiger partial charge in [-0.1, -0.05) is 12.1 Å². The van der Waals surface area contributed by atoms with Crippen LogP contribution in [-0.4, -0.2) is 18.5 Å². The molecular formula is C13H14ClF3O2. The minimum absolute atomic E-state index is 0.0277. The molecule has 2 nitrogen and oxygen atoms in total. The highest BCUT2D eigenvalue weighted by Crippen LogP contribution is 2.34. The van der Waals surface area contributed by atoms with Crippen molar-refractivity contribution >= 4 is 17.6 Å². The van der Waals surface area contributed by atoms with Crippen molar-refractivity contribution in [3.05, 3.63) is 34.9 Å². The van der Waals surface area contributed by atoms with Gasteiger partial charge in [0.15, 0.2) is 0 Å². The van der Waals surface area contributed by atoms with Gasteiger partial charge in [-0.05, 0) is 31.4 Å². The summed E-state index contributed by atoms with van der Waals surface area (Å²) in [5, 5.41) is 0. The highest BCUT2D eigenvalue weighted by Gasteiger charge is 2.36. The monoisotopic (exact) mass is 294 g/mol. The van der Waals surface area contributed by atoms with Crippen LogP contribution in [0.2, 0.25) is 0 Å². The lowest BCUT2D eigenvalue weighted by molar-refractivity contribution is -0.138. The first-order valence-electron chi connectivity index (χ1n) is 5.84. The minimum atomic E-state index is -4.58. The van der Waals surface area contributed by atoms with Crippen LogP contribution < -0.4 is 0 Å². The van der Waals surface area contributed by atoms with Crippen LogP contribution in [0.3, 0.4) is 0 Å². The van der Waals surface area contributed by atoms with Gasteiger partial charge in [-0.15, -0.1) is 11.6 Å². The molecule has 0 aliphatic heterocycles. The Balaban J connectivity index is 3.28. The number of rotatable bonds is 5. The maximum atomic E-state index is 12.9. The van der Waals surface area contributed by atoms with Gasteiger partial charge in [-0.3, -0.25) is 0 Å². The van der Waals surface area contributed by atoms with Crippen LogP contribution in [-0.2, 0) is 17.3 Å². The number of hydrogen-bond acceptors (Lipinski definition) is 2. The zero-order valence-electron chi connectivity index (χ0n) is 10.4. The highest BCUT2D eigenvalue weighted by atomic mass is 35.5. The lowest BCUT2D eigenvalue weighted by Gasteiger charge is -2.15. The minimum Gasteiger partial charge on any atom is -0.462 e. The van der Waals surface area contributed by atoms with Crippen molar-refractivity contribution < 1.29 is 22.7 Å². The molecule has 1 aromatic rings. The largest absolute Gasteiger partial charge is 0.462 e. The predicted octanol–water partition coefficient (Wildman–Crippen LogP) is 4.05. The quantitative estimate of drug-likeness (QED) is 0.605. The molecule has 106 valence electrons.